The summed E-state index contributed by atoms with van der Waals surface area (Å²) in [4.78, 5) is 38.5. The second-order valence-corrected chi connectivity index (χ2v) is 7.49. The van der Waals surface area contributed by atoms with Crippen LogP contribution in [-0.4, -0.2) is 49.6 Å². The zero-order chi connectivity index (χ0) is 25.7. The van der Waals surface area contributed by atoms with E-state index in [0.29, 0.717) is 39.4 Å². The van der Waals surface area contributed by atoms with Crippen molar-refractivity contribution in [2.75, 3.05) is 33.3 Å². The second-order valence-electron chi connectivity index (χ2n) is 7.49. The standard InChI is InChI=1S/C26H23N3O7/c1-33-20-13-16(14-21(34-2)24(20)35-3)27-22(30)15-36-26(32)23-18-11-7-8-12-19(18)25(31)29(28-23)17-9-5-4-6-10-17/h4-14H,15H2,1-3H3,(H,27,30). The third kappa shape index (κ3) is 4.83. The number of hydrogen-bond acceptors (Lipinski definition) is 8. The largest absolute Gasteiger partial charge is 0.493 e. The molecule has 10 heteroatoms. The minimum atomic E-state index is -0.851. The fraction of sp³-hybridized carbons (Fsp3) is 0.154. The van der Waals surface area contributed by atoms with Crippen LogP contribution in [0.3, 0.4) is 0 Å². The van der Waals surface area contributed by atoms with E-state index in [1.54, 1.807) is 66.7 Å². The maximum absolute atomic E-state index is 13.0. The van der Waals surface area contributed by atoms with Crippen molar-refractivity contribution in [3.63, 3.8) is 0 Å². The van der Waals surface area contributed by atoms with Gasteiger partial charge in [0, 0.05) is 23.2 Å². The maximum atomic E-state index is 13.0. The Bertz CT molecular complexity index is 1460. The number of nitrogens with zero attached hydrogens (tertiary/aromatic N) is 2. The number of para-hydroxylation sites is 1. The molecular weight excluding hydrogens is 466 g/mol. The van der Waals surface area contributed by atoms with E-state index in [9.17, 15) is 14.4 Å². The van der Waals surface area contributed by atoms with Crippen molar-refractivity contribution in [2.24, 2.45) is 0 Å². The minimum absolute atomic E-state index is 0.0883. The van der Waals surface area contributed by atoms with Gasteiger partial charge in [0.15, 0.2) is 23.8 Å². The smallest absolute Gasteiger partial charge is 0.359 e. The van der Waals surface area contributed by atoms with E-state index in [0.717, 1.165) is 4.68 Å². The number of esters is 1. The summed E-state index contributed by atoms with van der Waals surface area (Å²) in [5.74, 6) is -0.379. The number of carbonyl (C=O) groups is 2. The molecule has 0 atom stereocenters. The van der Waals surface area contributed by atoms with Gasteiger partial charge in [-0.2, -0.15) is 9.78 Å². The van der Waals surface area contributed by atoms with Crippen LogP contribution in [0.15, 0.2) is 71.5 Å². The molecule has 1 N–H and O–H groups in total. The Morgan fingerprint density at radius 1 is 0.861 bits per heavy atom. The molecule has 1 heterocycles. The van der Waals surface area contributed by atoms with E-state index in [-0.39, 0.29) is 11.3 Å². The predicted molar refractivity (Wildman–Crippen MR) is 132 cm³/mol. The lowest BCUT2D eigenvalue weighted by Crippen LogP contribution is -2.26. The van der Waals surface area contributed by atoms with Gasteiger partial charge in [0.2, 0.25) is 5.75 Å². The first-order chi connectivity index (χ1) is 17.5. The highest BCUT2D eigenvalue weighted by Gasteiger charge is 2.20. The first kappa shape index (κ1) is 24.3. The number of fused-ring (bicyclic) bond motifs is 1. The van der Waals surface area contributed by atoms with Crippen molar-refractivity contribution in [1.29, 1.82) is 0 Å². The summed E-state index contributed by atoms with van der Waals surface area (Å²) in [5.41, 5.74) is 0.373. The van der Waals surface area contributed by atoms with Crippen LogP contribution in [0.25, 0.3) is 16.5 Å². The van der Waals surface area contributed by atoms with Crippen molar-refractivity contribution in [3.05, 3.63) is 82.8 Å². The van der Waals surface area contributed by atoms with Crippen LogP contribution in [-0.2, 0) is 9.53 Å². The predicted octanol–water partition coefficient (Wildman–Crippen LogP) is 3.21. The summed E-state index contributed by atoms with van der Waals surface area (Å²) in [7, 11) is 4.38. The molecule has 3 aromatic carbocycles. The number of hydrogen-bond donors (Lipinski definition) is 1. The van der Waals surface area contributed by atoms with Crippen LogP contribution < -0.4 is 25.1 Å². The third-order valence-corrected chi connectivity index (χ3v) is 5.28. The highest BCUT2D eigenvalue weighted by molar-refractivity contribution is 6.03. The number of benzene rings is 3. The molecule has 4 aromatic rings. The van der Waals surface area contributed by atoms with Gasteiger partial charge in [0.25, 0.3) is 11.5 Å². The van der Waals surface area contributed by atoms with E-state index in [4.69, 9.17) is 18.9 Å². The molecule has 0 radical (unpaired) electrons. The fourth-order valence-electron chi connectivity index (χ4n) is 3.63. The summed E-state index contributed by atoms with van der Waals surface area (Å²) in [6, 6.07) is 18.4. The molecule has 0 fully saturated rings. The Morgan fingerprint density at radius 3 is 2.08 bits per heavy atom. The van der Waals surface area contributed by atoms with Gasteiger partial charge in [0.05, 0.1) is 32.4 Å². The highest BCUT2D eigenvalue weighted by Crippen LogP contribution is 2.39. The van der Waals surface area contributed by atoms with Crippen LogP contribution in [0.5, 0.6) is 17.2 Å². The molecule has 0 saturated heterocycles. The average molecular weight is 489 g/mol. The number of methoxy groups -OCH3 is 3. The Morgan fingerprint density at radius 2 is 1.47 bits per heavy atom. The third-order valence-electron chi connectivity index (χ3n) is 5.28. The molecule has 0 saturated carbocycles. The topological polar surface area (TPSA) is 118 Å². The Kier molecular flexibility index (Phi) is 7.15. The number of rotatable bonds is 8. The monoisotopic (exact) mass is 489 g/mol. The lowest BCUT2D eigenvalue weighted by atomic mass is 10.1. The molecule has 0 aliphatic heterocycles. The van der Waals surface area contributed by atoms with E-state index in [1.165, 1.54) is 21.3 Å². The van der Waals surface area contributed by atoms with E-state index >= 15 is 0 Å². The summed E-state index contributed by atoms with van der Waals surface area (Å²) in [5, 5.41) is 7.49. The fourth-order valence-corrected chi connectivity index (χ4v) is 3.63. The molecule has 1 amide bonds. The van der Waals surface area contributed by atoms with Gasteiger partial charge in [-0.25, -0.2) is 4.79 Å². The van der Waals surface area contributed by atoms with Gasteiger partial charge in [-0.05, 0) is 18.2 Å². The molecule has 4 rings (SSSR count). The summed E-state index contributed by atoms with van der Waals surface area (Å²) in [6.07, 6.45) is 0. The summed E-state index contributed by atoms with van der Waals surface area (Å²) >= 11 is 0. The van der Waals surface area contributed by atoms with Crippen LogP contribution in [0.1, 0.15) is 10.5 Å². The molecule has 0 unspecified atom stereocenters. The van der Waals surface area contributed by atoms with Gasteiger partial charge in [-0.3, -0.25) is 9.59 Å². The molecule has 36 heavy (non-hydrogen) atoms. The number of ether oxygens (including phenoxy) is 4. The molecule has 0 spiro atoms. The van der Waals surface area contributed by atoms with Gasteiger partial charge in [-0.1, -0.05) is 36.4 Å². The van der Waals surface area contributed by atoms with Crippen LogP contribution in [0.4, 0.5) is 5.69 Å². The Hall–Kier alpha value is -4.86. The number of amides is 1. The van der Waals surface area contributed by atoms with Gasteiger partial charge in [0.1, 0.15) is 0 Å². The molecular formula is C26H23N3O7. The first-order valence-corrected chi connectivity index (χ1v) is 10.8. The normalized spacial score (nSPS) is 10.5. The van der Waals surface area contributed by atoms with Gasteiger partial charge < -0.3 is 24.3 Å². The van der Waals surface area contributed by atoms with Gasteiger partial charge in [-0.15, -0.1) is 0 Å². The summed E-state index contributed by atoms with van der Waals surface area (Å²) < 4.78 is 22.2. The highest BCUT2D eigenvalue weighted by atomic mass is 16.5. The molecule has 184 valence electrons. The molecule has 0 bridgehead atoms. The quantitative estimate of drug-likeness (QED) is 0.375. The van der Waals surface area contributed by atoms with Crippen molar-refractivity contribution < 1.29 is 28.5 Å². The Balaban J connectivity index is 1.57. The van der Waals surface area contributed by atoms with E-state index in [2.05, 4.69) is 10.4 Å². The number of carbonyl (C=O) groups excluding carboxylic acids is 2. The number of anilines is 1. The van der Waals surface area contributed by atoms with E-state index < -0.39 is 18.5 Å². The van der Waals surface area contributed by atoms with Crippen molar-refractivity contribution in [3.8, 4) is 22.9 Å². The van der Waals surface area contributed by atoms with Crippen LogP contribution >= 0.6 is 0 Å². The first-order valence-electron chi connectivity index (χ1n) is 10.8. The lowest BCUT2D eigenvalue weighted by molar-refractivity contribution is -0.119. The molecule has 0 aliphatic rings. The van der Waals surface area contributed by atoms with Crippen molar-refractivity contribution in [2.45, 2.75) is 0 Å². The molecule has 1 aromatic heterocycles. The van der Waals surface area contributed by atoms with Crippen LogP contribution in [0.2, 0.25) is 0 Å². The minimum Gasteiger partial charge on any atom is -0.493 e. The van der Waals surface area contributed by atoms with Crippen LogP contribution in [0, 0.1) is 0 Å². The van der Waals surface area contributed by atoms with Crippen molar-refractivity contribution in [1.82, 2.24) is 9.78 Å². The van der Waals surface area contributed by atoms with Crippen molar-refractivity contribution >= 4 is 28.3 Å². The van der Waals surface area contributed by atoms with Gasteiger partial charge >= 0.3 is 5.97 Å². The number of aromatic nitrogens is 2. The Labute approximate surface area is 206 Å². The lowest BCUT2D eigenvalue weighted by Gasteiger charge is -2.14. The second kappa shape index (κ2) is 10.6. The average Bonchev–Trinajstić information content (AvgIpc) is 2.92. The zero-order valence-electron chi connectivity index (χ0n) is 19.8. The summed E-state index contributed by atoms with van der Waals surface area (Å²) in [6.45, 7) is -0.587. The number of nitrogens with one attached hydrogen (secondary N) is 1. The van der Waals surface area contributed by atoms with E-state index in [1.807, 2.05) is 0 Å². The molecule has 10 nitrogen and oxygen atoms in total. The molecule has 0 aliphatic carbocycles. The zero-order valence-corrected chi connectivity index (χ0v) is 19.8. The maximum Gasteiger partial charge on any atom is 0.359 e. The SMILES string of the molecule is COc1cc(NC(=O)COC(=O)c2nn(-c3ccccc3)c(=O)c3ccccc23)cc(OC)c1OC.